The zero-order valence-electron chi connectivity index (χ0n) is 11.2. The van der Waals surface area contributed by atoms with Gasteiger partial charge in [-0.1, -0.05) is 11.6 Å². The average molecular weight is 222 g/mol. The standard InChI is InChI=1S/C14H26N2/c1-11(2)7-8-16-9-13(12-5-6-12)15-10-14(16,3)4/h7,12-13,15H,5-6,8-10H2,1-4H3. The van der Waals surface area contributed by atoms with Crippen LogP contribution in [0.2, 0.25) is 0 Å². The molecule has 2 heteroatoms. The topological polar surface area (TPSA) is 15.3 Å². The van der Waals surface area contributed by atoms with Crippen molar-refractivity contribution in [1.82, 2.24) is 10.2 Å². The highest BCUT2D eigenvalue weighted by molar-refractivity contribution is 5.02. The number of allylic oxidation sites excluding steroid dienone is 1. The minimum atomic E-state index is 0.303. The summed E-state index contributed by atoms with van der Waals surface area (Å²) in [6, 6.07) is 0.749. The van der Waals surface area contributed by atoms with Crippen LogP contribution in [-0.4, -0.2) is 36.1 Å². The van der Waals surface area contributed by atoms with Crippen LogP contribution in [-0.2, 0) is 0 Å². The Bertz CT molecular complexity index is 272. The summed E-state index contributed by atoms with van der Waals surface area (Å²) in [5, 5.41) is 3.73. The molecule has 0 aromatic carbocycles. The maximum atomic E-state index is 3.73. The summed E-state index contributed by atoms with van der Waals surface area (Å²) < 4.78 is 0. The van der Waals surface area contributed by atoms with Crippen LogP contribution < -0.4 is 5.32 Å². The lowest BCUT2D eigenvalue weighted by Gasteiger charge is -2.46. The van der Waals surface area contributed by atoms with E-state index in [1.165, 1.54) is 25.0 Å². The van der Waals surface area contributed by atoms with Crippen molar-refractivity contribution in [1.29, 1.82) is 0 Å². The van der Waals surface area contributed by atoms with E-state index in [-0.39, 0.29) is 0 Å². The third-order valence-electron chi connectivity index (χ3n) is 3.98. The molecule has 1 heterocycles. The average Bonchev–Trinajstić information content (AvgIpc) is 2.99. The van der Waals surface area contributed by atoms with E-state index in [9.17, 15) is 0 Å². The lowest BCUT2D eigenvalue weighted by Crippen LogP contribution is -2.62. The van der Waals surface area contributed by atoms with Crippen molar-refractivity contribution >= 4 is 0 Å². The first-order valence-corrected chi connectivity index (χ1v) is 6.61. The molecule has 0 bridgehead atoms. The minimum absolute atomic E-state index is 0.303. The van der Waals surface area contributed by atoms with Crippen molar-refractivity contribution < 1.29 is 0 Å². The van der Waals surface area contributed by atoms with Gasteiger partial charge in [0, 0.05) is 31.2 Å². The molecule has 2 rings (SSSR count). The molecular weight excluding hydrogens is 196 g/mol. The van der Waals surface area contributed by atoms with E-state index in [0.29, 0.717) is 5.54 Å². The third kappa shape index (κ3) is 2.86. The molecule has 1 saturated heterocycles. The number of nitrogens with zero attached hydrogens (tertiary/aromatic N) is 1. The van der Waals surface area contributed by atoms with E-state index < -0.39 is 0 Å². The highest BCUT2D eigenvalue weighted by atomic mass is 15.3. The van der Waals surface area contributed by atoms with Gasteiger partial charge in [-0.05, 0) is 46.5 Å². The Morgan fingerprint density at radius 1 is 1.38 bits per heavy atom. The van der Waals surface area contributed by atoms with Crippen LogP contribution in [0.5, 0.6) is 0 Å². The maximum Gasteiger partial charge on any atom is 0.0281 e. The van der Waals surface area contributed by atoms with E-state index in [0.717, 1.165) is 25.0 Å². The van der Waals surface area contributed by atoms with E-state index >= 15 is 0 Å². The second-order valence-corrected chi connectivity index (χ2v) is 6.32. The van der Waals surface area contributed by atoms with Gasteiger partial charge >= 0.3 is 0 Å². The van der Waals surface area contributed by atoms with Crippen molar-refractivity contribution in [2.75, 3.05) is 19.6 Å². The number of rotatable bonds is 3. The molecule has 2 fully saturated rings. The highest BCUT2D eigenvalue weighted by Gasteiger charge is 2.39. The number of hydrogen-bond donors (Lipinski definition) is 1. The summed E-state index contributed by atoms with van der Waals surface area (Å²) in [5.74, 6) is 0.963. The molecule has 0 spiro atoms. The first kappa shape index (κ1) is 12.1. The van der Waals surface area contributed by atoms with Gasteiger partial charge in [-0.15, -0.1) is 0 Å². The summed E-state index contributed by atoms with van der Waals surface area (Å²) in [6.07, 6.45) is 5.24. The summed E-state index contributed by atoms with van der Waals surface area (Å²) in [7, 11) is 0. The third-order valence-corrected chi connectivity index (χ3v) is 3.98. The second-order valence-electron chi connectivity index (χ2n) is 6.32. The number of piperazine rings is 1. The molecule has 1 aliphatic carbocycles. The normalized spacial score (nSPS) is 30.1. The van der Waals surface area contributed by atoms with Crippen LogP contribution >= 0.6 is 0 Å². The highest BCUT2D eigenvalue weighted by Crippen LogP contribution is 2.35. The van der Waals surface area contributed by atoms with Crippen LogP contribution in [0.25, 0.3) is 0 Å². The summed E-state index contributed by atoms with van der Waals surface area (Å²) >= 11 is 0. The molecule has 2 nitrogen and oxygen atoms in total. The first-order chi connectivity index (χ1) is 7.49. The fourth-order valence-corrected chi connectivity index (χ4v) is 2.47. The Hall–Kier alpha value is -0.340. The molecule has 16 heavy (non-hydrogen) atoms. The van der Waals surface area contributed by atoms with Gasteiger partial charge in [0.2, 0.25) is 0 Å². The quantitative estimate of drug-likeness (QED) is 0.738. The maximum absolute atomic E-state index is 3.73. The van der Waals surface area contributed by atoms with Gasteiger partial charge in [0.15, 0.2) is 0 Å². The molecule has 92 valence electrons. The van der Waals surface area contributed by atoms with Crippen molar-refractivity contribution in [3.05, 3.63) is 11.6 Å². The molecule has 0 radical (unpaired) electrons. The zero-order valence-corrected chi connectivity index (χ0v) is 11.2. The van der Waals surface area contributed by atoms with Gasteiger partial charge < -0.3 is 5.32 Å². The van der Waals surface area contributed by atoms with Crippen LogP contribution in [0.4, 0.5) is 0 Å². The molecule has 0 amide bonds. The Balaban J connectivity index is 1.96. The fourth-order valence-electron chi connectivity index (χ4n) is 2.47. The molecule has 0 aromatic rings. The Labute approximate surface area is 100 Å². The van der Waals surface area contributed by atoms with Gasteiger partial charge in [0.05, 0.1) is 0 Å². The van der Waals surface area contributed by atoms with Crippen LogP contribution in [0.3, 0.4) is 0 Å². The molecule has 0 aromatic heterocycles. The van der Waals surface area contributed by atoms with E-state index in [1.807, 2.05) is 0 Å². The van der Waals surface area contributed by atoms with Gasteiger partial charge in [-0.3, -0.25) is 4.90 Å². The molecule has 1 saturated carbocycles. The second kappa shape index (κ2) is 4.50. The number of nitrogens with one attached hydrogen (secondary N) is 1. The molecule has 1 N–H and O–H groups in total. The van der Waals surface area contributed by atoms with Crippen molar-refractivity contribution in [2.45, 2.75) is 52.1 Å². The molecular formula is C14H26N2. The van der Waals surface area contributed by atoms with Gasteiger partial charge in [-0.25, -0.2) is 0 Å². The van der Waals surface area contributed by atoms with E-state index in [1.54, 1.807) is 0 Å². The van der Waals surface area contributed by atoms with Crippen molar-refractivity contribution in [3.63, 3.8) is 0 Å². The predicted molar refractivity (Wildman–Crippen MR) is 69.6 cm³/mol. The Kier molecular flexibility index (Phi) is 3.41. The largest absolute Gasteiger partial charge is 0.311 e. The van der Waals surface area contributed by atoms with Crippen LogP contribution in [0.15, 0.2) is 11.6 Å². The summed E-state index contributed by atoms with van der Waals surface area (Å²) in [4.78, 5) is 2.64. The number of hydrogen-bond acceptors (Lipinski definition) is 2. The Morgan fingerprint density at radius 3 is 2.62 bits per heavy atom. The van der Waals surface area contributed by atoms with Gasteiger partial charge in [0.25, 0.3) is 0 Å². The molecule has 2 aliphatic rings. The molecule has 1 aliphatic heterocycles. The van der Waals surface area contributed by atoms with Crippen molar-refractivity contribution in [3.8, 4) is 0 Å². The van der Waals surface area contributed by atoms with Crippen molar-refractivity contribution in [2.24, 2.45) is 5.92 Å². The summed E-state index contributed by atoms with van der Waals surface area (Å²) in [5.41, 5.74) is 1.73. The smallest absolute Gasteiger partial charge is 0.0281 e. The predicted octanol–water partition coefficient (Wildman–Crippen LogP) is 2.42. The van der Waals surface area contributed by atoms with Crippen LogP contribution in [0, 0.1) is 5.92 Å². The van der Waals surface area contributed by atoms with Gasteiger partial charge in [0.1, 0.15) is 0 Å². The SMILES string of the molecule is CC(C)=CCN1CC(C2CC2)NCC1(C)C. The molecule has 1 atom stereocenters. The lowest BCUT2D eigenvalue weighted by molar-refractivity contribution is 0.0726. The first-order valence-electron chi connectivity index (χ1n) is 6.61. The fraction of sp³-hybridized carbons (Fsp3) is 0.857. The van der Waals surface area contributed by atoms with E-state index in [2.05, 4.69) is 44.0 Å². The van der Waals surface area contributed by atoms with E-state index in [4.69, 9.17) is 0 Å². The Morgan fingerprint density at radius 2 is 2.06 bits per heavy atom. The van der Waals surface area contributed by atoms with Crippen LogP contribution in [0.1, 0.15) is 40.5 Å². The minimum Gasteiger partial charge on any atom is -0.311 e. The monoisotopic (exact) mass is 222 g/mol. The van der Waals surface area contributed by atoms with Gasteiger partial charge in [-0.2, -0.15) is 0 Å². The zero-order chi connectivity index (χ0) is 11.8. The molecule has 1 unspecified atom stereocenters. The lowest BCUT2D eigenvalue weighted by atomic mass is 9.95. The summed E-state index contributed by atoms with van der Waals surface area (Å²) in [6.45, 7) is 12.5.